The van der Waals surface area contributed by atoms with Gasteiger partial charge in [-0.15, -0.1) is 0 Å². The van der Waals surface area contributed by atoms with Crippen LogP contribution in [0.5, 0.6) is 17.2 Å². The molecular weight excluding hydrogens is 481 g/mol. The number of rotatable bonds is 6. The molecule has 0 aromatic heterocycles. The summed E-state index contributed by atoms with van der Waals surface area (Å²) in [6.45, 7) is 0.396. The van der Waals surface area contributed by atoms with Gasteiger partial charge >= 0.3 is 0 Å². The van der Waals surface area contributed by atoms with Gasteiger partial charge in [0.05, 0.1) is 22.1 Å². The third-order valence-corrected chi connectivity index (χ3v) is 5.50. The summed E-state index contributed by atoms with van der Waals surface area (Å²) in [6.07, 6.45) is 1.62. The first-order valence-corrected chi connectivity index (χ1v) is 9.89. The molecule has 0 bridgehead atoms. The highest BCUT2D eigenvalue weighted by atomic mass is 127. The van der Waals surface area contributed by atoms with E-state index >= 15 is 0 Å². The topological polar surface area (TPSA) is 76.1 Å². The summed E-state index contributed by atoms with van der Waals surface area (Å²) in [5.74, 6) is 0.680. The number of amides is 2. The molecule has 6 nitrogen and oxygen atoms in total. The average Bonchev–Trinajstić information content (AvgIpc) is 2.92. The van der Waals surface area contributed by atoms with Crippen molar-refractivity contribution in [3.05, 3.63) is 56.5 Å². The van der Waals surface area contributed by atoms with Crippen molar-refractivity contribution in [3.8, 4) is 17.2 Å². The van der Waals surface area contributed by atoms with Crippen LogP contribution in [0.2, 0.25) is 0 Å². The molecule has 1 aliphatic heterocycles. The molecule has 1 heterocycles. The van der Waals surface area contributed by atoms with Crippen LogP contribution in [0.25, 0.3) is 6.08 Å². The zero-order valence-corrected chi connectivity index (χ0v) is 17.3. The molecule has 0 radical (unpaired) electrons. The highest BCUT2D eigenvalue weighted by Gasteiger charge is 2.34. The molecule has 27 heavy (non-hydrogen) atoms. The maximum Gasteiger partial charge on any atom is 0.293 e. The number of ether oxygens (including phenoxy) is 2. The van der Waals surface area contributed by atoms with Crippen LogP contribution in [0, 0.1) is 3.57 Å². The predicted molar refractivity (Wildman–Crippen MR) is 112 cm³/mol. The number of aromatic hydroxyl groups is 1. The minimum Gasteiger partial charge on any atom is -0.504 e. The molecule has 1 aliphatic rings. The lowest BCUT2D eigenvalue weighted by Crippen LogP contribution is -2.32. The first kappa shape index (κ1) is 19.6. The third kappa shape index (κ3) is 4.56. The number of benzene rings is 2. The van der Waals surface area contributed by atoms with E-state index in [-0.39, 0.29) is 30.0 Å². The van der Waals surface area contributed by atoms with Gasteiger partial charge in [0.2, 0.25) is 0 Å². The Morgan fingerprint density at radius 3 is 2.67 bits per heavy atom. The first-order chi connectivity index (χ1) is 13.0. The fourth-order valence-corrected chi connectivity index (χ4v) is 3.94. The second-order valence-corrected chi connectivity index (χ2v) is 7.70. The maximum absolute atomic E-state index is 12.5. The number of halogens is 1. The molecule has 2 aromatic rings. The van der Waals surface area contributed by atoms with Gasteiger partial charge in [0.25, 0.3) is 11.1 Å². The molecule has 2 amide bonds. The molecule has 0 unspecified atom stereocenters. The average molecular weight is 497 g/mol. The second kappa shape index (κ2) is 8.66. The molecule has 1 N–H and O–H groups in total. The number of phenols is 1. The van der Waals surface area contributed by atoms with Crippen molar-refractivity contribution in [2.45, 2.75) is 0 Å². The fraction of sp³-hybridized carbons (Fsp3) is 0.158. The molecule has 1 fully saturated rings. The molecule has 0 atom stereocenters. The Hall–Kier alpha value is -2.20. The van der Waals surface area contributed by atoms with Gasteiger partial charge in [-0.2, -0.15) is 0 Å². The van der Waals surface area contributed by atoms with Crippen molar-refractivity contribution in [2.24, 2.45) is 0 Å². The van der Waals surface area contributed by atoms with Gasteiger partial charge in [-0.1, -0.05) is 18.2 Å². The van der Waals surface area contributed by atoms with Crippen LogP contribution in [0.15, 0.2) is 47.4 Å². The SMILES string of the molecule is COc1cc(C=C2SC(=O)N(CCOc3ccccc3)C2=O)cc(I)c1O. The van der Waals surface area contributed by atoms with E-state index in [4.69, 9.17) is 9.47 Å². The lowest BCUT2D eigenvalue weighted by atomic mass is 10.2. The van der Waals surface area contributed by atoms with Gasteiger partial charge in [-0.25, -0.2) is 0 Å². The number of hydrogen-bond acceptors (Lipinski definition) is 6. The molecule has 0 saturated carbocycles. The Labute approximate surface area is 174 Å². The van der Waals surface area contributed by atoms with E-state index in [1.54, 1.807) is 18.2 Å². The zero-order valence-electron chi connectivity index (χ0n) is 14.3. The highest BCUT2D eigenvalue weighted by molar-refractivity contribution is 14.1. The normalized spacial score (nSPS) is 15.5. The lowest BCUT2D eigenvalue weighted by Gasteiger charge is -2.13. The predicted octanol–water partition coefficient (Wildman–Crippen LogP) is 4.12. The van der Waals surface area contributed by atoms with E-state index < -0.39 is 0 Å². The van der Waals surface area contributed by atoms with Gasteiger partial charge in [0.1, 0.15) is 12.4 Å². The number of phenolic OH excluding ortho intramolecular Hbond substituents is 1. The number of nitrogens with zero attached hydrogens (tertiary/aromatic N) is 1. The maximum atomic E-state index is 12.5. The van der Waals surface area contributed by atoms with Crippen LogP contribution in [-0.4, -0.2) is 41.4 Å². The van der Waals surface area contributed by atoms with E-state index in [0.29, 0.717) is 25.5 Å². The summed E-state index contributed by atoms with van der Waals surface area (Å²) >= 11 is 2.86. The summed E-state index contributed by atoms with van der Waals surface area (Å²) in [5.41, 5.74) is 0.667. The monoisotopic (exact) mass is 497 g/mol. The number of para-hydroxylation sites is 1. The minimum atomic E-state index is -0.358. The van der Waals surface area contributed by atoms with Crippen molar-refractivity contribution in [1.82, 2.24) is 4.90 Å². The standard InChI is InChI=1S/C19H16INO5S/c1-25-15-10-12(9-14(20)17(15)22)11-16-18(23)21(19(24)27-16)7-8-26-13-5-3-2-4-6-13/h2-6,9-11,22H,7-8H2,1H3. The van der Waals surface area contributed by atoms with Crippen molar-refractivity contribution < 1.29 is 24.2 Å². The summed E-state index contributed by atoms with van der Waals surface area (Å²) in [4.78, 5) is 26.2. The molecule has 8 heteroatoms. The van der Waals surface area contributed by atoms with E-state index in [2.05, 4.69) is 0 Å². The van der Waals surface area contributed by atoms with Crippen LogP contribution >= 0.6 is 34.4 Å². The van der Waals surface area contributed by atoms with Gasteiger partial charge in [-0.05, 0) is 70.3 Å². The quantitative estimate of drug-likeness (QED) is 0.478. The first-order valence-electron chi connectivity index (χ1n) is 7.99. The smallest absolute Gasteiger partial charge is 0.293 e. The van der Waals surface area contributed by atoms with Gasteiger partial charge in [0, 0.05) is 0 Å². The molecule has 0 aliphatic carbocycles. The van der Waals surface area contributed by atoms with Crippen LogP contribution in [0.3, 0.4) is 0 Å². The Morgan fingerprint density at radius 1 is 1.22 bits per heavy atom. The van der Waals surface area contributed by atoms with Crippen LogP contribution < -0.4 is 9.47 Å². The largest absolute Gasteiger partial charge is 0.504 e. The lowest BCUT2D eigenvalue weighted by molar-refractivity contribution is -0.123. The van der Waals surface area contributed by atoms with Crippen LogP contribution in [0.1, 0.15) is 5.56 Å². The summed E-state index contributed by atoms with van der Waals surface area (Å²) in [5, 5.41) is 9.58. The molecule has 2 aromatic carbocycles. The molecular formula is C19H16INO5S. The van der Waals surface area contributed by atoms with Gasteiger partial charge in [-0.3, -0.25) is 14.5 Å². The zero-order chi connectivity index (χ0) is 19.4. The van der Waals surface area contributed by atoms with E-state index in [9.17, 15) is 14.7 Å². The van der Waals surface area contributed by atoms with Gasteiger partial charge < -0.3 is 14.6 Å². The fourth-order valence-electron chi connectivity index (χ4n) is 2.45. The Bertz CT molecular complexity index is 900. The van der Waals surface area contributed by atoms with Crippen molar-refractivity contribution in [1.29, 1.82) is 0 Å². The number of thioether (sulfide) groups is 1. The Balaban J connectivity index is 1.70. The summed E-state index contributed by atoms with van der Waals surface area (Å²) in [6, 6.07) is 12.5. The van der Waals surface area contributed by atoms with E-state index in [0.717, 1.165) is 11.8 Å². The molecule has 1 saturated heterocycles. The number of hydrogen-bond donors (Lipinski definition) is 1. The Kier molecular flexibility index (Phi) is 6.27. The van der Waals surface area contributed by atoms with Crippen molar-refractivity contribution in [3.63, 3.8) is 0 Å². The Morgan fingerprint density at radius 2 is 1.96 bits per heavy atom. The van der Waals surface area contributed by atoms with Gasteiger partial charge in [0.15, 0.2) is 11.5 Å². The number of carbonyl (C=O) groups is 2. The van der Waals surface area contributed by atoms with Crippen molar-refractivity contribution in [2.75, 3.05) is 20.3 Å². The van der Waals surface area contributed by atoms with Crippen molar-refractivity contribution >= 4 is 51.6 Å². The minimum absolute atomic E-state index is 0.0430. The number of methoxy groups -OCH3 is 1. The summed E-state index contributed by atoms with van der Waals surface area (Å²) in [7, 11) is 1.45. The second-order valence-electron chi connectivity index (χ2n) is 5.55. The van der Waals surface area contributed by atoms with Crippen LogP contribution in [0.4, 0.5) is 4.79 Å². The van der Waals surface area contributed by atoms with E-state index in [1.165, 1.54) is 12.0 Å². The van der Waals surface area contributed by atoms with E-state index in [1.807, 2.05) is 52.9 Å². The highest BCUT2D eigenvalue weighted by Crippen LogP contribution is 2.36. The molecule has 3 rings (SSSR count). The molecule has 0 spiro atoms. The molecule has 140 valence electrons. The van der Waals surface area contributed by atoms with Crippen LogP contribution in [-0.2, 0) is 4.79 Å². The number of carbonyl (C=O) groups excluding carboxylic acids is 2. The third-order valence-electron chi connectivity index (χ3n) is 3.77. The number of imide groups is 1. The summed E-state index contributed by atoms with van der Waals surface area (Å²) < 4.78 is 11.3.